The van der Waals surface area contributed by atoms with Gasteiger partial charge in [-0.25, -0.2) is 14.8 Å². The van der Waals surface area contributed by atoms with Crippen molar-refractivity contribution in [2.45, 2.75) is 59.0 Å². The summed E-state index contributed by atoms with van der Waals surface area (Å²) in [5.41, 5.74) is 0.812. The van der Waals surface area contributed by atoms with Crippen LogP contribution in [0, 0.1) is 6.92 Å². The number of esters is 1. The summed E-state index contributed by atoms with van der Waals surface area (Å²) in [7, 11) is 0. The van der Waals surface area contributed by atoms with Gasteiger partial charge in [0.2, 0.25) is 5.71 Å². The van der Waals surface area contributed by atoms with Crippen LogP contribution >= 0.6 is 0 Å². The number of hydrogen-bond donors (Lipinski definition) is 1. The molecule has 7 heteroatoms. The molecule has 142 valence electrons. The Morgan fingerprint density at radius 3 is 2.77 bits per heavy atom. The predicted octanol–water partition coefficient (Wildman–Crippen LogP) is 3.38. The lowest BCUT2D eigenvalue weighted by molar-refractivity contribution is 0.0526. The third-order valence-electron chi connectivity index (χ3n) is 5.18. The average Bonchev–Trinajstić information content (AvgIpc) is 2.94. The van der Waals surface area contributed by atoms with Crippen molar-refractivity contribution in [1.82, 2.24) is 14.9 Å². The van der Waals surface area contributed by atoms with Gasteiger partial charge in [0.1, 0.15) is 23.5 Å². The first-order chi connectivity index (χ1) is 12.5. The van der Waals surface area contributed by atoms with Crippen LogP contribution < -0.4 is 5.32 Å². The fourth-order valence-corrected chi connectivity index (χ4v) is 3.85. The van der Waals surface area contributed by atoms with E-state index in [0.717, 1.165) is 13.1 Å². The van der Waals surface area contributed by atoms with Crippen molar-refractivity contribution >= 4 is 22.9 Å². The van der Waals surface area contributed by atoms with Crippen LogP contribution in [0.5, 0.6) is 0 Å². The molecule has 3 rings (SSSR count). The van der Waals surface area contributed by atoms with Gasteiger partial charge in [-0.05, 0) is 40.5 Å². The van der Waals surface area contributed by atoms with Gasteiger partial charge in [0.15, 0.2) is 0 Å². The molecular weight excluding hydrogens is 332 g/mol. The van der Waals surface area contributed by atoms with Gasteiger partial charge in [0.25, 0.3) is 0 Å². The van der Waals surface area contributed by atoms with E-state index in [4.69, 9.17) is 9.15 Å². The van der Waals surface area contributed by atoms with E-state index >= 15 is 0 Å². The number of rotatable bonds is 6. The quantitative estimate of drug-likeness (QED) is 0.791. The molecule has 0 radical (unpaired) electrons. The van der Waals surface area contributed by atoms with Crippen molar-refractivity contribution in [3.63, 3.8) is 0 Å². The molecular formula is C19H28N4O3. The first-order valence-electron chi connectivity index (χ1n) is 9.43. The zero-order valence-corrected chi connectivity index (χ0v) is 16.0. The Balaban J connectivity index is 1.78. The maximum atomic E-state index is 12.3. The molecule has 0 aromatic carbocycles. The van der Waals surface area contributed by atoms with Crippen molar-refractivity contribution in [3.05, 3.63) is 17.7 Å². The number of carbonyl (C=O) groups is 1. The number of furan rings is 1. The van der Waals surface area contributed by atoms with Gasteiger partial charge in [-0.1, -0.05) is 6.42 Å². The Labute approximate surface area is 154 Å². The van der Waals surface area contributed by atoms with Gasteiger partial charge < -0.3 is 14.5 Å². The fraction of sp³-hybridized carbons (Fsp3) is 0.632. The number of hydrogen-bond acceptors (Lipinski definition) is 7. The monoisotopic (exact) mass is 360 g/mol. The van der Waals surface area contributed by atoms with Crippen LogP contribution in [0.3, 0.4) is 0 Å². The second-order valence-electron chi connectivity index (χ2n) is 6.95. The van der Waals surface area contributed by atoms with Gasteiger partial charge in [-0.2, -0.15) is 0 Å². The van der Waals surface area contributed by atoms with Crippen LogP contribution in [-0.4, -0.2) is 52.6 Å². The van der Waals surface area contributed by atoms with Gasteiger partial charge >= 0.3 is 5.97 Å². The molecule has 7 nitrogen and oxygen atoms in total. The summed E-state index contributed by atoms with van der Waals surface area (Å²) in [6, 6.07) is 1.19. The summed E-state index contributed by atoms with van der Waals surface area (Å²) in [5.74, 6) is 0.715. The number of aromatic nitrogens is 2. The highest BCUT2D eigenvalue weighted by Crippen LogP contribution is 2.29. The molecule has 0 spiro atoms. The topological polar surface area (TPSA) is 80.5 Å². The summed E-state index contributed by atoms with van der Waals surface area (Å²) in [5, 5.41) is 3.97. The van der Waals surface area contributed by atoms with E-state index in [1.165, 1.54) is 25.6 Å². The van der Waals surface area contributed by atoms with Crippen LogP contribution in [0.25, 0.3) is 11.1 Å². The van der Waals surface area contributed by atoms with Crippen molar-refractivity contribution in [2.24, 2.45) is 0 Å². The highest BCUT2D eigenvalue weighted by Gasteiger charge is 2.25. The van der Waals surface area contributed by atoms with Crippen LogP contribution in [0.2, 0.25) is 0 Å². The Hall–Kier alpha value is -2.15. The minimum absolute atomic E-state index is 0.312. The summed E-state index contributed by atoms with van der Waals surface area (Å²) < 4.78 is 10.8. The van der Waals surface area contributed by atoms with E-state index in [1.54, 1.807) is 13.8 Å². The van der Waals surface area contributed by atoms with E-state index < -0.39 is 5.97 Å². The van der Waals surface area contributed by atoms with Crippen molar-refractivity contribution in [1.29, 1.82) is 0 Å². The number of likely N-dealkylation sites (tertiary alicyclic amines) is 1. The molecule has 1 aliphatic rings. The third kappa shape index (κ3) is 3.67. The average molecular weight is 360 g/mol. The molecule has 0 saturated carbocycles. The first-order valence-corrected chi connectivity index (χ1v) is 9.43. The standard InChI is InChI=1S/C19H28N4O3/c1-5-25-19(24)15-14(4)26-18-16(15)17(21-11-22-18)20-9-10-23-12(2)7-6-8-13(23)3/h11-13H,5-10H2,1-4H3,(H,20,21,22). The minimum Gasteiger partial charge on any atom is -0.462 e. The molecule has 0 aliphatic carbocycles. The second kappa shape index (κ2) is 8.03. The Bertz CT molecular complexity index is 763. The Morgan fingerprint density at radius 1 is 1.35 bits per heavy atom. The van der Waals surface area contributed by atoms with Crippen molar-refractivity contribution < 1.29 is 13.9 Å². The van der Waals surface area contributed by atoms with Crippen molar-refractivity contribution in [3.8, 4) is 0 Å². The first kappa shape index (κ1) is 18.6. The Morgan fingerprint density at radius 2 is 2.08 bits per heavy atom. The van der Waals surface area contributed by atoms with E-state index in [1.807, 2.05) is 0 Å². The smallest absolute Gasteiger partial charge is 0.342 e. The minimum atomic E-state index is -0.403. The molecule has 0 amide bonds. The molecule has 2 unspecified atom stereocenters. The summed E-state index contributed by atoms with van der Waals surface area (Å²) in [6.07, 6.45) is 5.25. The number of fused-ring (bicyclic) bond motifs is 1. The fourth-order valence-electron chi connectivity index (χ4n) is 3.85. The van der Waals surface area contributed by atoms with Crippen LogP contribution in [-0.2, 0) is 4.74 Å². The van der Waals surface area contributed by atoms with Crippen LogP contribution in [0.1, 0.15) is 56.2 Å². The maximum Gasteiger partial charge on any atom is 0.342 e. The van der Waals surface area contributed by atoms with E-state index in [2.05, 4.69) is 34.0 Å². The zero-order chi connectivity index (χ0) is 18.7. The number of carbonyl (C=O) groups excluding carboxylic acids is 1. The lowest BCUT2D eigenvalue weighted by atomic mass is 9.98. The number of aryl methyl sites for hydroxylation is 1. The normalized spacial score (nSPS) is 21.1. The SMILES string of the molecule is CCOC(=O)c1c(C)oc2ncnc(NCCN3C(C)CCCC3C)c12. The number of piperidine rings is 1. The van der Waals surface area contributed by atoms with Crippen LogP contribution in [0.4, 0.5) is 5.82 Å². The van der Waals surface area contributed by atoms with E-state index in [0.29, 0.717) is 46.9 Å². The molecule has 3 heterocycles. The molecule has 0 bridgehead atoms. The van der Waals surface area contributed by atoms with Gasteiger partial charge in [0, 0.05) is 25.2 Å². The summed E-state index contributed by atoms with van der Waals surface area (Å²) in [4.78, 5) is 23.3. The Kier molecular flexibility index (Phi) is 5.76. The number of nitrogens with zero attached hydrogens (tertiary/aromatic N) is 3. The molecule has 2 atom stereocenters. The lowest BCUT2D eigenvalue weighted by Gasteiger charge is -2.39. The van der Waals surface area contributed by atoms with Gasteiger partial charge in [0.05, 0.1) is 12.0 Å². The number of ether oxygens (including phenoxy) is 1. The number of nitrogens with one attached hydrogen (secondary N) is 1. The second-order valence-corrected chi connectivity index (χ2v) is 6.95. The molecule has 2 aromatic rings. The highest BCUT2D eigenvalue weighted by atomic mass is 16.5. The molecule has 26 heavy (non-hydrogen) atoms. The summed E-state index contributed by atoms with van der Waals surface area (Å²) in [6.45, 7) is 10.1. The molecule has 1 aliphatic heterocycles. The summed E-state index contributed by atoms with van der Waals surface area (Å²) >= 11 is 0. The molecule has 1 N–H and O–H groups in total. The molecule has 2 aromatic heterocycles. The zero-order valence-electron chi connectivity index (χ0n) is 16.0. The van der Waals surface area contributed by atoms with E-state index in [-0.39, 0.29) is 0 Å². The highest BCUT2D eigenvalue weighted by molar-refractivity contribution is 6.07. The van der Waals surface area contributed by atoms with Gasteiger partial charge in [-0.15, -0.1) is 0 Å². The predicted molar refractivity (Wildman–Crippen MR) is 100 cm³/mol. The molecule has 1 saturated heterocycles. The molecule has 1 fully saturated rings. The third-order valence-corrected chi connectivity index (χ3v) is 5.18. The van der Waals surface area contributed by atoms with Crippen LogP contribution in [0.15, 0.2) is 10.7 Å². The number of anilines is 1. The van der Waals surface area contributed by atoms with E-state index in [9.17, 15) is 4.79 Å². The largest absolute Gasteiger partial charge is 0.462 e. The maximum absolute atomic E-state index is 12.3. The van der Waals surface area contributed by atoms with Gasteiger partial charge in [-0.3, -0.25) is 4.90 Å². The van der Waals surface area contributed by atoms with Crippen molar-refractivity contribution in [2.75, 3.05) is 25.0 Å². The lowest BCUT2D eigenvalue weighted by Crippen LogP contribution is -2.45.